The van der Waals surface area contributed by atoms with Crippen LogP contribution in [0.25, 0.3) is 5.65 Å². The van der Waals surface area contributed by atoms with Crippen molar-refractivity contribution in [2.45, 2.75) is 19.4 Å². The van der Waals surface area contributed by atoms with Crippen LogP contribution >= 0.6 is 23.2 Å². The molecule has 0 aliphatic carbocycles. The summed E-state index contributed by atoms with van der Waals surface area (Å²) >= 11 is 12.1. The lowest BCUT2D eigenvalue weighted by Gasteiger charge is -2.33. The van der Waals surface area contributed by atoms with Crippen molar-refractivity contribution >= 4 is 34.8 Å². The van der Waals surface area contributed by atoms with Gasteiger partial charge in [-0.25, -0.2) is 4.98 Å². The third-order valence-corrected chi connectivity index (χ3v) is 4.16. The van der Waals surface area contributed by atoms with Gasteiger partial charge in [0.25, 0.3) is 0 Å². The van der Waals surface area contributed by atoms with Crippen LogP contribution in [0.2, 0.25) is 10.0 Å². The second-order valence-electron chi connectivity index (χ2n) is 5.29. The Labute approximate surface area is 132 Å². The highest BCUT2D eigenvalue weighted by molar-refractivity contribution is 6.36. The molecule has 0 unspecified atom stereocenters. The molecule has 1 amide bonds. The van der Waals surface area contributed by atoms with E-state index >= 15 is 0 Å². The Morgan fingerprint density at radius 1 is 1.48 bits per heavy atom. The van der Waals surface area contributed by atoms with E-state index in [1.165, 1.54) is 0 Å². The SMILES string of the molecule is C[C@H]1CNCCN1C(=O)Cc1cn2cc(Cl)cc(Cl)c2n1. The Morgan fingerprint density at radius 3 is 3.05 bits per heavy atom. The molecule has 3 heterocycles. The second kappa shape index (κ2) is 5.83. The van der Waals surface area contributed by atoms with Crippen molar-refractivity contribution in [1.29, 1.82) is 0 Å². The first kappa shape index (κ1) is 14.6. The number of pyridine rings is 1. The maximum absolute atomic E-state index is 12.4. The highest BCUT2D eigenvalue weighted by Crippen LogP contribution is 2.22. The van der Waals surface area contributed by atoms with Gasteiger partial charge in [-0.3, -0.25) is 4.79 Å². The van der Waals surface area contributed by atoms with Crippen LogP contribution in [0.15, 0.2) is 18.5 Å². The van der Waals surface area contributed by atoms with Gasteiger partial charge in [-0.1, -0.05) is 23.2 Å². The predicted octanol–water partition coefficient (Wildman–Crippen LogP) is 2.00. The van der Waals surface area contributed by atoms with Crippen LogP contribution in [0.3, 0.4) is 0 Å². The van der Waals surface area contributed by atoms with E-state index in [0.717, 1.165) is 19.6 Å². The lowest BCUT2D eigenvalue weighted by atomic mass is 10.2. The number of fused-ring (bicyclic) bond motifs is 1. The van der Waals surface area contributed by atoms with Gasteiger partial charge in [-0.2, -0.15) is 0 Å². The van der Waals surface area contributed by atoms with Gasteiger partial charge < -0.3 is 14.6 Å². The van der Waals surface area contributed by atoms with Gasteiger partial charge in [0.15, 0.2) is 5.65 Å². The highest BCUT2D eigenvalue weighted by Gasteiger charge is 2.23. The van der Waals surface area contributed by atoms with Gasteiger partial charge in [-0.05, 0) is 13.0 Å². The first-order chi connectivity index (χ1) is 10.0. The quantitative estimate of drug-likeness (QED) is 0.918. The topological polar surface area (TPSA) is 49.6 Å². The summed E-state index contributed by atoms with van der Waals surface area (Å²) < 4.78 is 1.76. The zero-order valence-corrected chi connectivity index (χ0v) is 13.2. The number of carbonyl (C=O) groups is 1. The number of imidazole rings is 1. The largest absolute Gasteiger partial charge is 0.337 e. The number of piperazine rings is 1. The fourth-order valence-electron chi connectivity index (χ4n) is 2.63. The average Bonchev–Trinajstić information content (AvgIpc) is 2.81. The Morgan fingerprint density at radius 2 is 2.29 bits per heavy atom. The molecule has 0 bridgehead atoms. The molecule has 1 saturated heterocycles. The van der Waals surface area contributed by atoms with Gasteiger partial charge in [0.1, 0.15) is 0 Å². The molecule has 3 rings (SSSR count). The standard InChI is InChI=1S/C14H16Cl2N4O/c1-9-6-17-2-3-20(9)13(21)5-11-8-19-7-10(15)4-12(16)14(19)18-11/h4,7-9,17H,2-3,5-6H2,1H3/t9-/m0/s1. The molecule has 0 aromatic carbocycles. The Bertz CT molecular complexity index is 685. The van der Waals surface area contributed by atoms with E-state index in [4.69, 9.17) is 23.2 Å². The maximum atomic E-state index is 12.4. The number of carbonyl (C=O) groups excluding carboxylic acids is 1. The summed E-state index contributed by atoms with van der Waals surface area (Å²) in [5, 5.41) is 4.30. The van der Waals surface area contributed by atoms with Gasteiger partial charge >= 0.3 is 0 Å². The van der Waals surface area contributed by atoms with Crippen molar-refractivity contribution in [3.05, 3.63) is 34.2 Å². The molecule has 1 aliphatic heterocycles. The summed E-state index contributed by atoms with van der Waals surface area (Å²) in [7, 11) is 0. The van der Waals surface area contributed by atoms with E-state index in [-0.39, 0.29) is 18.4 Å². The molecule has 1 N–H and O–H groups in total. The number of hydrogen-bond acceptors (Lipinski definition) is 3. The molecule has 2 aromatic heterocycles. The number of nitrogens with zero attached hydrogens (tertiary/aromatic N) is 3. The van der Waals surface area contributed by atoms with Crippen LogP contribution in [0.1, 0.15) is 12.6 Å². The van der Waals surface area contributed by atoms with E-state index in [0.29, 0.717) is 21.4 Å². The zero-order valence-electron chi connectivity index (χ0n) is 11.6. The monoisotopic (exact) mass is 326 g/mol. The fourth-order valence-corrected chi connectivity index (χ4v) is 3.16. The molecule has 21 heavy (non-hydrogen) atoms. The van der Waals surface area contributed by atoms with E-state index < -0.39 is 0 Å². The normalized spacial score (nSPS) is 19.2. The molecular formula is C14H16Cl2N4O. The van der Waals surface area contributed by atoms with Crippen molar-refractivity contribution in [2.24, 2.45) is 0 Å². The number of halogens is 2. The Hall–Kier alpha value is -1.30. The first-order valence-electron chi connectivity index (χ1n) is 6.87. The fraction of sp³-hybridized carbons (Fsp3) is 0.429. The molecule has 2 aromatic rings. The minimum Gasteiger partial charge on any atom is -0.337 e. The van der Waals surface area contributed by atoms with E-state index in [9.17, 15) is 4.79 Å². The van der Waals surface area contributed by atoms with Crippen LogP contribution in [0.5, 0.6) is 0 Å². The lowest BCUT2D eigenvalue weighted by Crippen LogP contribution is -2.52. The third-order valence-electron chi connectivity index (χ3n) is 3.68. The summed E-state index contributed by atoms with van der Waals surface area (Å²) in [4.78, 5) is 18.7. The minimum atomic E-state index is 0.0922. The Balaban J connectivity index is 1.81. The van der Waals surface area contributed by atoms with Crippen molar-refractivity contribution in [2.75, 3.05) is 19.6 Å². The molecule has 0 radical (unpaired) electrons. The van der Waals surface area contributed by atoms with Crippen LogP contribution in [0, 0.1) is 0 Å². The number of rotatable bonds is 2. The maximum Gasteiger partial charge on any atom is 0.228 e. The van der Waals surface area contributed by atoms with Crippen molar-refractivity contribution in [3.8, 4) is 0 Å². The van der Waals surface area contributed by atoms with Crippen LogP contribution in [0.4, 0.5) is 0 Å². The molecule has 1 atom stereocenters. The van der Waals surface area contributed by atoms with Crippen molar-refractivity contribution < 1.29 is 4.79 Å². The molecular weight excluding hydrogens is 311 g/mol. The molecule has 0 spiro atoms. The number of nitrogens with one attached hydrogen (secondary N) is 1. The van der Waals surface area contributed by atoms with E-state index in [1.807, 2.05) is 11.8 Å². The zero-order chi connectivity index (χ0) is 15.0. The lowest BCUT2D eigenvalue weighted by molar-refractivity contribution is -0.133. The van der Waals surface area contributed by atoms with Gasteiger partial charge in [0.05, 0.1) is 22.2 Å². The average molecular weight is 327 g/mol. The number of amides is 1. The summed E-state index contributed by atoms with van der Waals surface area (Å²) in [6.45, 7) is 4.45. The number of aromatic nitrogens is 2. The summed E-state index contributed by atoms with van der Waals surface area (Å²) in [6.07, 6.45) is 3.81. The number of hydrogen-bond donors (Lipinski definition) is 1. The Kier molecular flexibility index (Phi) is 4.06. The third kappa shape index (κ3) is 3.00. The molecule has 0 saturated carbocycles. The smallest absolute Gasteiger partial charge is 0.228 e. The van der Waals surface area contributed by atoms with Crippen LogP contribution < -0.4 is 5.32 Å². The van der Waals surface area contributed by atoms with Gasteiger partial charge in [-0.15, -0.1) is 0 Å². The van der Waals surface area contributed by atoms with Gasteiger partial charge in [0.2, 0.25) is 5.91 Å². The summed E-state index contributed by atoms with van der Waals surface area (Å²) in [5.41, 5.74) is 1.33. The highest BCUT2D eigenvalue weighted by atomic mass is 35.5. The molecule has 1 fully saturated rings. The van der Waals surface area contributed by atoms with Crippen molar-refractivity contribution in [3.63, 3.8) is 0 Å². The molecule has 5 nitrogen and oxygen atoms in total. The summed E-state index contributed by atoms with van der Waals surface area (Å²) in [6, 6.07) is 1.86. The molecule has 112 valence electrons. The first-order valence-corrected chi connectivity index (χ1v) is 7.63. The molecule has 1 aliphatic rings. The van der Waals surface area contributed by atoms with Crippen molar-refractivity contribution in [1.82, 2.24) is 19.6 Å². The van der Waals surface area contributed by atoms with Gasteiger partial charge in [0, 0.05) is 38.1 Å². The minimum absolute atomic E-state index is 0.0922. The van der Waals surface area contributed by atoms with E-state index in [1.54, 1.807) is 22.9 Å². The predicted molar refractivity (Wildman–Crippen MR) is 83.0 cm³/mol. The van der Waals surface area contributed by atoms with E-state index in [2.05, 4.69) is 10.3 Å². The summed E-state index contributed by atoms with van der Waals surface area (Å²) in [5.74, 6) is 0.0922. The molecule has 7 heteroatoms. The second-order valence-corrected chi connectivity index (χ2v) is 6.13. The van der Waals surface area contributed by atoms with Crippen LogP contribution in [-0.4, -0.2) is 45.9 Å². The van der Waals surface area contributed by atoms with Crippen LogP contribution in [-0.2, 0) is 11.2 Å².